The van der Waals surface area contributed by atoms with Gasteiger partial charge in [-0.1, -0.05) is 30.3 Å². The molecule has 0 unspecified atom stereocenters. The predicted octanol–water partition coefficient (Wildman–Crippen LogP) is 1.84. The van der Waals surface area contributed by atoms with Crippen LogP contribution in [0.4, 0.5) is 5.82 Å². The summed E-state index contributed by atoms with van der Waals surface area (Å²) >= 11 is 0. The summed E-state index contributed by atoms with van der Waals surface area (Å²) in [6.07, 6.45) is 2.59. The predicted molar refractivity (Wildman–Crippen MR) is 106 cm³/mol. The second kappa shape index (κ2) is 6.84. The normalized spacial score (nSPS) is 24.5. The van der Waals surface area contributed by atoms with Crippen LogP contribution in [0.2, 0.25) is 0 Å². The third kappa shape index (κ3) is 3.26. The van der Waals surface area contributed by atoms with Crippen molar-refractivity contribution in [2.75, 3.05) is 30.8 Å². The lowest BCUT2D eigenvalue weighted by Gasteiger charge is -2.29. The van der Waals surface area contributed by atoms with Crippen molar-refractivity contribution in [3.63, 3.8) is 0 Å². The lowest BCUT2D eigenvalue weighted by Crippen LogP contribution is -2.35. The summed E-state index contributed by atoms with van der Waals surface area (Å²) in [5.41, 5.74) is 1.12. The highest BCUT2D eigenvalue weighted by Crippen LogP contribution is 2.46. The van der Waals surface area contributed by atoms with Crippen molar-refractivity contribution in [3.05, 3.63) is 47.9 Å². The Balaban J connectivity index is 1.70. The van der Waals surface area contributed by atoms with Crippen LogP contribution in [-0.4, -0.2) is 55.1 Å². The van der Waals surface area contributed by atoms with E-state index < -0.39 is 9.84 Å². The number of sulfone groups is 1. The lowest BCUT2D eigenvalue weighted by atomic mass is 9.89. The smallest absolute Gasteiger partial charge is 0.219 e. The Hall–Kier alpha value is -2.48. The molecule has 1 aromatic carbocycles. The van der Waals surface area contributed by atoms with Crippen LogP contribution in [0.3, 0.4) is 0 Å². The Morgan fingerprint density at radius 1 is 1.14 bits per heavy atom. The van der Waals surface area contributed by atoms with Crippen LogP contribution < -0.4 is 4.90 Å². The summed E-state index contributed by atoms with van der Waals surface area (Å²) in [4.78, 5) is 25.0. The molecule has 8 heteroatoms. The van der Waals surface area contributed by atoms with Gasteiger partial charge in [0.15, 0.2) is 15.7 Å². The van der Waals surface area contributed by atoms with Gasteiger partial charge in [-0.05, 0) is 12.5 Å². The molecule has 0 N–H and O–H groups in total. The summed E-state index contributed by atoms with van der Waals surface area (Å²) in [5.74, 6) is 1.60. The summed E-state index contributed by atoms with van der Waals surface area (Å²) in [7, 11) is -3.43. The zero-order valence-corrected chi connectivity index (χ0v) is 17.1. The van der Waals surface area contributed by atoms with Gasteiger partial charge < -0.3 is 9.80 Å². The van der Waals surface area contributed by atoms with Crippen molar-refractivity contribution >= 4 is 21.6 Å². The molecule has 1 amide bonds. The highest BCUT2D eigenvalue weighted by Gasteiger charge is 2.49. The molecule has 2 fully saturated rings. The Morgan fingerprint density at radius 2 is 1.86 bits per heavy atom. The Morgan fingerprint density at radius 3 is 2.50 bits per heavy atom. The molecule has 3 heterocycles. The molecule has 0 aliphatic carbocycles. The topological polar surface area (TPSA) is 83.5 Å². The number of aromatic nitrogens is 2. The molecule has 1 aromatic heterocycles. The first-order valence-corrected chi connectivity index (χ1v) is 11.3. The van der Waals surface area contributed by atoms with E-state index in [0.29, 0.717) is 31.3 Å². The number of carbonyl (C=O) groups is 1. The molecule has 2 aliphatic rings. The van der Waals surface area contributed by atoms with Crippen LogP contribution in [-0.2, 0) is 14.6 Å². The lowest BCUT2D eigenvalue weighted by molar-refractivity contribution is -0.130. The zero-order chi connectivity index (χ0) is 20.1. The minimum atomic E-state index is -3.43. The van der Waals surface area contributed by atoms with E-state index in [4.69, 9.17) is 0 Å². The van der Waals surface area contributed by atoms with Gasteiger partial charge >= 0.3 is 0 Å². The second-order valence-electron chi connectivity index (χ2n) is 7.73. The van der Waals surface area contributed by atoms with E-state index in [1.807, 2.05) is 28.0 Å². The second-order valence-corrected chi connectivity index (χ2v) is 9.72. The van der Waals surface area contributed by atoms with E-state index in [2.05, 4.69) is 22.1 Å². The molecule has 2 saturated heterocycles. The fourth-order valence-electron chi connectivity index (χ4n) is 4.55. The van der Waals surface area contributed by atoms with Crippen molar-refractivity contribution in [2.24, 2.45) is 11.8 Å². The number of benzene rings is 1. The van der Waals surface area contributed by atoms with Crippen molar-refractivity contribution in [2.45, 2.75) is 24.8 Å². The van der Waals surface area contributed by atoms with Gasteiger partial charge in [0, 0.05) is 44.6 Å². The van der Waals surface area contributed by atoms with Gasteiger partial charge in [-0.2, -0.15) is 0 Å². The van der Waals surface area contributed by atoms with Gasteiger partial charge in [0.1, 0.15) is 10.7 Å². The van der Waals surface area contributed by atoms with E-state index in [1.54, 1.807) is 13.8 Å². The summed E-state index contributed by atoms with van der Waals surface area (Å²) in [6, 6.07) is 10.1. The number of nitrogens with zero attached hydrogens (tertiary/aromatic N) is 4. The molecular weight excluding hydrogens is 376 g/mol. The third-order valence-electron chi connectivity index (χ3n) is 5.77. The fourth-order valence-corrected chi connectivity index (χ4v) is 5.31. The summed E-state index contributed by atoms with van der Waals surface area (Å²) in [6.45, 7) is 5.39. The number of likely N-dealkylation sites (tertiary alicyclic amines) is 1. The summed E-state index contributed by atoms with van der Waals surface area (Å²) < 4.78 is 24.5. The van der Waals surface area contributed by atoms with Crippen molar-refractivity contribution in [1.82, 2.24) is 14.9 Å². The maximum Gasteiger partial charge on any atom is 0.219 e. The number of anilines is 1. The largest absolute Gasteiger partial charge is 0.355 e. The standard InChI is InChI=1S/C20H24N4O3S/c1-13-21-9-18(28(3,26)27)20(22-13)23-10-16-11-24(14(2)25)19(17(16)12-23)15-7-5-4-6-8-15/h4-9,16-17,19H,10-12H2,1-3H3/t16-,17-,19-/m1/s1. The van der Waals surface area contributed by atoms with E-state index in [0.717, 1.165) is 5.56 Å². The molecule has 0 saturated carbocycles. The SMILES string of the molecule is CC(=O)N1C[C@H]2CN(c3nc(C)ncc3S(C)(=O)=O)C[C@H]2[C@H]1c1ccccc1. The van der Waals surface area contributed by atoms with Crippen LogP contribution in [0.15, 0.2) is 41.4 Å². The molecular formula is C20H24N4O3S. The van der Waals surface area contributed by atoms with E-state index in [1.165, 1.54) is 12.5 Å². The molecule has 0 bridgehead atoms. The number of amides is 1. The average molecular weight is 401 g/mol. The average Bonchev–Trinajstić information content (AvgIpc) is 3.19. The van der Waals surface area contributed by atoms with E-state index >= 15 is 0 Å². The zero-order valence-electron chi connectivity index (χ0n) is 16.2. The maximum absolute atomic E-state index is 12.3. The van der Waals surface area contributed by atoms with Gasteiger partial charge in [0.05, 0.1) is 12.2 Å². The minimum Gasteiger partial charge on any atom is -0.355 e. The Labute approximate surface area is 165 Å². The maximum atomic E-state index is 12.3. The van der Waals surface area contributed by atoms with Crippen LogP contribution in [0.1, 0.15) is 24.4 Å². The molecule has 4 rings (SSSR count). The third-order valence-corrected chi connectivity index (χ3v) is 6.85. The monoisotopic (exact) mass is 400 g/mol. The first-order chi connectivity index (χ1) is 13.3. The van der Waals surface area contributed by atoms with Crippen LogP contribution >= 0.6 is 0 Å². The fraction of sp³-hybridized carbons (Fsp3) is 0.450. The molecule has 3 atom stereocenters. The van der Waals surface area contributed by atoms with Gasteiger partial charge in [-0.25, -0.2) is 18.4 Å². The molecule has 2 aromatic rings. The molecule has 0 radical (unpaired) electrons. The van der Waals surface area contributed by atoms with Gasteiger partial charge in [-0.3, -0.25) is 4.79 Å². The van der Waals surface area contributed by atoms with Crippen molar-refractivity contribution < 1.29 is 13.2 Å². The number of carbonyl (C=O) groups excluding carboxylic acids is 1. The number of aryl methyl sites for hydroxylation is 1. The highest BCUT2D eigenvalue weighted by atomic mass is 32.2. The van der Waals surface area contributed by atoms with Crippen molar-refractivity contribution in [1.29, 1.82) is 0 Å². The van der Waals surface area contributed by atoms with Crippen LogP contribution in [0, 0.1) is 18.8 Å². The highest BCUT2D eigenvalue weighted by molar-refractivity contribution is 7.90. The van der Waals surface area contributed by atoms with Crippen LogP contribution in [0.5, 0.6) is 0 Å². The number of hydrogen-bond donors (Lipinski definition) is 0. The Kier molecular flexibility index (Phi) is 4.61. The van der Waals surface area contributed by atoms with Crippen LogP contribution in [0.25, 0.3) is 0 Å². The number of hydrogen-bond acceptors (Lipinski definition) is 6. The first kappa shape index (κ1) is 18.9. The minimum absolute atomic E-state index is 0.00156. The molecule has 28 heavy (non-hydrogen) atoms. The Bertz CT molecular complexity index is 1010. The van der Waals surface area contributed by atoms with Crippen molar-refractivity contribution in [3.8, 4) is 0 Å². The molecule has 0 spiro atoms. The van der Waals surface area contributed by atoms with Gasteiger partial charge in [0.25, 0.3) is 0 Å². The number of fused-ring (bicyclic) bond motifs is 1. The molecule has 2 aliphatic heterocycles. The molecule has 7 nitrogen and oxygen atoms in total. The molecule has 148 valence electrons. The van der Waals surface area contributed by atoms with E-state index in [-0.39, 0.29) is 28.7 Å². The number of rotatable bonds is 3. The first-order valence-electron chi connectivity index (χ1n) is 9.36. The van der Waals surface area contributed by atoms with Gasteiger partial charge in [0.2, 0.25) is 5.91 Å². The summed E-state index contributed by atoms with van der Waals surface area (Å²) in [5, 5.41) is 0. The quantitative estimate of drug-likeness (QED) is 0.782. The van der Waals surface area contributed by atoms with Gasteiger partial charge in [-0.15, -0.1) is 0 Å². The van der Waals surface area contributed by atoms with E-state index in [9.17, 15) is 13.2 Å².